The van der Waals surface area contributed by atoms with Crippen LogP contribution in [0, 0.1) is 5.92 Å². The van der Waals surface area contributed by atoms with Gasteiger partial charge in [-0.2, -0.15) is 0 Å². The van der Waals surface area contributed by atoms with Crippen LogP contribution in [0.2, 0.25) is 0 Å². The molecule has 0 fully saturated rings. The van der Waals surface area contributed by atoms with Crippen LogP contribution in [0.4, 0.5) is 10.5 Å². The van der Waals surface area contributed by atoms with Crippen molar-refractivity contribution in [2.75, 3.05) is 11.9 Å². The van der Waals surface area contributed by atoms with E-state index >= 15 is 0 Å². The smallest absolute Gasteiger partial charge is 0.319 e. The molecule has 1 rings (SSSR count). The molecule has 5 N–H and O–H groups in total. The topological polar surface area (TPSA) is 139 Å². The molecular formula is C12H17N3O5S. The number of aliphatic carboxylic acids is 1. The summed E-state index contributed by atoms with van der Waals surface area (Å²) < 4.78 is 22.1. The van der Waals surface area contributed by atoms with Gasteiger partial charge in [-0.1, -0.05) is 6.92 Å². The minimum atomic E-state index is -3.76. The maximum Gasteiger partial charge on any atom is 0.319 e. The second kappa shape index (κ2) is 7.04. The summed E-state index contributed by atoms with van der Waals surface area (Å²) >= 11 is 0. The number of amides is 2. The molecule has 2 amide bonds. The van der Waals surface area contributed by atoms with E-state index in [9.17, 15) is 18.0 Å². The Balaban J connectivity index is 2.50. The minimum Gasteiger partial charge on any atom is -0.481 e. The van der Waals surface area contributed by atoms with Crippen molar-refractivity contribution in [1.29, 1.82) is 0 Å². The summed E-state index contributed by atoms with van der Waals surface area (Å²) in [5.41, 5.74) is 0.394. The summed E-state index contributed by atoms with van der Waals surface area (Å²) in [6.45, 7) is 1.92. The van der Waals surface area contributed by atoms with Crippen LogP contribution in [0.5, 0.6) is 0 Å². The predicted molar refractivity (Wildman–Crippen MR) is 76.3 cm³/mol. The number of rotatable bonds is 6. The van der Waals surface area contributed by atoms with Gasteiger partial charge in [0, 0.05) is 18.7 Å². The van der Waals surface area contributed by atoms with Gasteiger partial charge in [-0.3, -0.25) is 4.79 Å². The molecule has 0 radical (unpaired) electrons. The van der Waals surface area contributed by atoms with Gasteiger partial charge in [0.2, 0.25) is 10.0 Å². The van der Waals surface area contributed by atoms with Crippen molar-refractivity contribution in [3.05, 3.63) is 24.3 Å². The summed E-state index contributed by atoms with van der Waals surface area (Å²) in [7, 11) is -3.76. The van der Waals surface area contributed by atoms with Gasteiger partial charge in [0.1, 0.15) is 0 Å². The summed E-state index contributed by atoms with van der Waals surface area (Å²) in [5.74, 6) is -1.12. The van der Waals surface area contributed by atoms with Crippen molar-refractivity contribution in [2.24, 2.45) is 11.1 Å². The van der Waals surface area contributed by atoms with Gasteiger partial charge in [0.15, 0.2) is 0 Å². The van der Waals surface area contributed by atoms with Crippen molar-refractivity contribution in [3.8, 4) is 0 Å². The van der Waals surface area contributed by atoms with Crippen molar-refractivity contribution >= 4 is 27.7 Å². The van der Waals surface area contributed by atoms with E-state index in [1.54, 1.807) is 6.92 Å². The molecule has 0 aromatic heterocycles. The van der Waals surface area contributed by atoms with Crippen LogP contribution < -0.4 is 15.8 Å². The molecule has 1 aromatic rings. The fourth-order valence-electron chi connectivity index (χ4n) is 1.54. The SMILES string of the molecule is CC(CNC(=O)Nc1ccc(S(N)(=O)=O)cc1)CC(=O)O. The number of hydrogen-bond acceptors (Lipinski definition) is 4. The first-order chi connectivity index (χ1) is 9.68. The Morgan fingerprint density at radius 2 is 1.86 bits per heavy atom. The lowest BCUT2D eigenvalue weighted by atomic mass is 10.1. The van der Waals surface area contributed by atoms with Gasteiger partial charge >= 0.3 is 12.0 Å². The number of nitrogens with one attached hydrogen (secondary N) is 2. The lowest BCUT2D eigenvalue weighted by Crippen LogP contribution is -2.33. The molecule has 1 unspecified atom stereocenters. The summed E-state index contributed by atoms with van der Waals surface area (Å²) in [6, 6.07) is 4.85. The van der Waals surface area contributed by atoms with Crippen molar-refractivity contribution < 1.29 is 23.1 Å². The maximum atomic E-state index is 11.6. The number of sulfonamides is 1. The fraction of sp³-hybridized carbons (Fsp3) is 0.333. The lowest BCUT2D eigenvalue weighted by molar-refractivity contribution is -0.137. The molecule has 116 valence electrons. The Morgan fingerprint density at radius 3 is 2.33 bits per heavy atom. The third-order valence-electron chi connectivity index (χ3n) is 2.57. The van der Waals surface area contributed by atoms with E-state index in [0.29, 0.717) is 5.69 Å². The highest BCUT2D eigenvalue weighted by Crippen LogP contribution is 2.12. The molecule has 8 nitrogen and oxygen atoms in total. The van der Waals surface area contributed by atoms with Gasteiger partial charge in [-0.15, -0.1) is 0 Å². The quantitative estimate of drug-likeness (QED) is 0.607. The Kier molecular flexibility index (Phi) is 5.68. The average Bonchev–Trinajstić information content (AvgIpc) is 2.35. The minimum absolute atomic E-state index is 0.0384. The number of carbonyl (C=O) groups is 2. The van der Waals surface area contributed by atoms with Gasteiger partial charge in [-0.25, -0.2) is 18.4 Å². The zero-order valence-electron chi connectivity index (χ0n) is 11.4. The zero-order chi connectivity index (χ0) is 16.0. The summed E-state index contributed by atoms with van der Waals surface area (Å²) in [5, 5.41) is 18.6. The first-order valence-electron chi connectivity index (χ1n) is 6.08. The molecule has 0 aliphatic carbocycles. The fourth-order valence-corrected chi connectivity index (χ4v) is 2.06. The molecule has 0 spiro atoms. The highest BCUT2D eigenvalue weighted by atomic mass is 32.2. The molecule has 9 heteroatoms. The number of carbonyl (C=O) groups excluding carboxylic acids is 1. The first kappa shape index (κ1) is 16.9. The number of nitrogens with two attached hydrogens (primary N) is 1. The lowest BCUT2D eigenvalue weighted by Gasteiger charge is -2.11. The Bertz CT molecular complexity index is 612. The van der Waals surface area contributed by atoms with E-state index in [2.05, 4.69) is 10.6 Å². The highest BCUT2D eigenvalue weighted by molar-refractivity contribution is 7.89. The van der Waals surface area contributed by atoms with Gasteiger partial charge in [0.05, 0.1) is 4.90 Å². The highest BCUT2D eigenvalue weighted by Gasteiger charge is 2.10. The maximum absolute atomic E-state index is 11.6. The van der Waals surface area contributed by atoms with Crippen LogP contribution in [0.25, 0.3) is 0 Å². The van der Waals surface area contributed by atoms with E-state index in [0.717, 1.165) is 0 Å². The second-order valence-corrected chi connectivity index (χ2v) is 6.17. The van der Waals surface area contributed by atoms with Crippen molar-refractivity contribution in [2.45, 2.75) is 18.2 Å². The number of urea groups is 1. The van der Waals surface area contributed by atoms with Crippen LogP contribution >= 0.6 is 0 Å². The molecule has 0 heterocycles. The average molecular weight is 315 g/mol. The van der Waals surface area contributed by atoms with Crippen LogP contribution in [-0.4, -0.2) is 32.1 Å². The molecule has 1 aromatic carbocycles. The normalized spacial score (nSPS) is 12.5. The summed E-state index contributed by atoms with van der Waals surface area (Å²) in [6.07, 6.45) is -0.0384. The molecule has 21 heavy (non-hydrogen) atoms. The number of primary sulfonamides is 1. The third kappa shape index (κ3) is 6.23. The Morgan fingerprint density at radius 1 is 1.29 bits per heavy atom. The standard InChI is InChI=1S/C12H17N3O5S/c1-8(6-11(16)17)7-14-12(18)15-9-2-4-10(5-3-9)21(13,19)20/h2-5,8H,6-7H2,1H3,(H,16,17)(H2,13,19,20)(H2,14,15,18). The number of benzene rings is 1. The van der Waals surface area contributed by atoms with E-state index < -0.39 is 22.0 Å². The molecule has 0 aliphatic rings. The molecule has 1 atom stereocenters. The van der Waals surface area contributed by atoms with E-state index in [4.69, 9.17) is 10.2 Å². The van der Waals surface area contributed by atoms with E-state index in [1.807, 2.05) is 0 Å². The van der Waals surface area contributed by atoms with Crippen LogP contribution in [0.1, 0.15) is 13.3 Å². The Labute approximate surface area is 122 Å². The number of carboxylic acids is 1. The van der Waals surface area contributed by atoms with Crippen LogP contribution in [-0.2, 0) is 14.8 Å². The van der Waals surface area contributed by atoms with Crippen LogP contribution in [0.15, 0.2) is 29.2 Å². The number of carboxylic acid groups (broad SMARTS) is 1. The van der Waals surface area contributed by atoms with Gasteiger partial charge in [-0.05, 0) is 30.2 Å². The van der Waals surface area contributed by atoms with E-state index in [-0.39, 0.29) is 23.8 Å². The van der Waals surface area contributed by atoms with Crippen molar-refractivity contribution in [1.82, 2.24) is 5.32 Å². The molecule has 0 saturated carbocycles. The van der Waals surface area contributed by atoms with Gasteiger partial charge in [0.25, 0.3) is 0 Å². The monoisotopic (exact) mass is 315 g/mol. The van der Waals surface area contributed by atoms with E-state index in [1.165, 1.54) is 24.3 Å². The van der Waals surface area contributed by atoms with Crippen molar-refractivity contribution in [3.63, 3.8) is 0 Å². The third-order valence-corrected chi connectivity index (χ3v) is 3.50. The van der Waals surface area contributed by atoms with Crippen LogP contribution in [0.3, 0.4) is 0 Å². The molecule has 0 aliphatic heterocycles. The first-order valence-corrected chi connectivity index (χ1v) is 7.62. The Hall–Kier alpha value is -2.13. The van der Waals surface area contributed by atoms with Gasteiger partial charge < -0.3 is 15.7 Å². The number of hydrogen-bond donors (Lipinski definition) is 4. The largest absolute Gasteiger partial charge is 0.481 e. The molecule has 0 bridgehead atoms. The summed E-state index contributed by atoms with van der Waals surface area (Å²) in [4.78, 5) is 22.0. The zero-order valence-corrected chi connectivity index (χ0v) is 12.2. The predicted octanol–water partition coefficient (Wildman–Crippen LogP) is 0.566. The number of anilines is 1. The second-order valence-electron chi connectivity index (χ2n) is 4.61. The molecule has 0 saturated heterocycles. The molecular weight excluding hydrogens is 298 g/mol.